The summed E-state index contributed by atoms with van der Waals surface area (Å²) >= 11 is 2.62. The van der Waals surface area contributed by atoms with Crippen LogP contribution < -0.4 is 11.1 Å². The molecule has 0 spiro atoms. The quantitative estimate of drug-likeness (QED) is 0.874. The van der Waals surface area contributed by atoms with Gasteiger partial charge in [-0.05, 0) is 22.4 Å². The molecule has 19 heavy (non-hydrogen) atoms. The summed E-state index contributed by atoms with van der Waals surface area (Å²) < 4.78 is 0. The fourth-order valence-electron chi connectivity index (χ4n) is 1.83. The van der Waals surface area contributed by atoms with E-state index in [9.17, 15) is 14.9 Å². The predicted molar refractivity (Wildman–Crippen MR) is 74.1 cm³/mol. The molecule has 0 saturated heterocycles. The number of nitrogens with one attached hydrogen (secondary N) is 1. The van der Waals surface area contributed by atoms with Crippen molar-refractivity contribution in [2.75, 3.05) is 5.75 Å². The summed E-state index contributed by atoms with van der Waals surface area (Å²) in [5.74, 6) is -0.832. The lowest BCUT2D eigenvalue weighted by Gasteiger charge is -2.23. The van der Waals surface area contributed by atoms with Crippen molar-refractivity contribution >= 4 is 34.9 Å². The average Bonchev–Trinajstić information content (AvgIpc) is 2.89. The van der Waals surface area contributed by atoms with Crippen LogP contribution in [0.2, 0.25) is 0 Å². The maximum absolute atomic E-state index is 11.7. The van der Waals surface area contributed by atoms with Crippen LogP contribution in [0.25, 0.3) is 0 Å². The first kappa shape index (κ1) is 13.6. The van der Waals surface area contributed by atoms with E-state index >= 15 is 0 Å². The molecule has 0 aliphatic carbocycles. The zero-order valence-electron chi connectivity index (χ0n) is 9.88. The largest absolute Gasteiger partial charge is 0.369 e. The third-order valence-corrected chi connectivity index (χ3v) is 4.40. The van der Waals surface area contributed by atoms with Crippen molar-refractivity contribution in [1.82, 2.24) is 5.32 Å². The molecule has 5 nitrogen and oxygen atoms in total. The molecule has 7 heteroatoms. The second kappa shape index (κ2) is 5.91. The maximum Gasteiger partial charge on any atom is 0.227 e. The summed E-state index contributed by atoms with van der Waals surface area (Å²) in [6.07, 6.45) is 0.250. The van der Waals surface area contributed by atoms with Crippen molar-refractivity contribution < 1.29 is 9.59 Å². The van der Waals surface area contributed by atoms with Crippen LogP contribution in [0.1, 0.15) is 17.9 Å². The summed E-state index contributed by atoms with van der Waals surface area (Å²) in [4.78, 5) is 22.5. The Morgan fingerprint density at radius 2 is 2.47 bits per heavy atom. The fraction of sp³-hybridized carbons (Fsp3) is 0.250. The molecule has 1 aromatic heterocycles. The van der Waals surface area contributed by atoms with Crippen LogP contribution in [0.5, 0.6) is 0 Å². The van der Waals surface area contributed by atoms with Crippen molar-refractivity contribution in [3.63, 3.8) is 0 Å². The standard InChI is InChI=1S/C12H11N3O2S2/c13-4-9-8(7-1-2-18-5-7)3-11(17)15-12(9)19-6-10(14)16/h1-2,5,8H,3,6H2,(H2,14,16)(H,15,17). The number of primary amides is 1. The molecule has 0 fully saturated rings. The Labute approximate surface area is 118 Å². The number of amides is 2. The van der Waals surface area contributed by atoms with Gasteiger partial charge in [-0.15, -0.1) is 0 Å². The van der Waals surface area contributed by atoms with E-state index in [0.717, 1.165) is 17.3 Å². The van der Waals surface area contributed by atoms with E-state index in [1.54, 1.807) is 0 Å². The average molecular weight is 293 g/mol. The lowest BCUT2D eigenvalue weighted by molar-refractivity contribution is -0.121. The number of carbonyl (C=O) groups is 2. The topological polar surface area (TPSA) is 96.0 Å². The number of thiophene rings is 1. The molecule has 1 atom stereocenters. The van der Waals surface area contributed by atoms with Crippen LogP contribution in [0, 0.1) is 11.3 Å². The van der Waals surface area contributed by atoms with Gasteiger partial charge in [-0.1, -0.05) is 11.8 Å². The number of rotatable bonds is 4. The third kappa shape index (κ3) is 3.16. The van der Waals surface area contributed by atoms with E-state index < -0.39 is 5.91 Å². The minimum Gasteiger partial charge on any atom is -0.369 e. The minimum atomic E-state index is -0.485. The number of allylic oxidation sites excluding steroid dienone is 1. The summed E-state index contributed by atoms with van der Waals surface area (Å²) in [7, 11) is 0. The molecule has 2 amide bonds. The van der Waals surface area contributed by atoms with Crippen LogP contribution in [0.15, 0.2) is 27.4 Å². The smallest absolute Gasteiger partial charge is 0.227 e. The van der Waals surface area contributed by atoms with Crippen LogP contribution in [-0.4, -0.2) is 17.6 Å². The first-order chi connectivity index (χ1) is 9.11. The number of nitriles is 1. The highest BCUT2D eigenvalue weighted by Gasteiger charge is 2.29. The number of nitrogens with two attached hydrogens (primary N) is 1. The van der Waals surface area contributed by atoms with E-state index in [-0.39, 0.29) is 24.0 Å². The number of hydrogen-bond donors (Lipinski definition) is 2. The molecule has 0 saturated carbocycles. The van der Waals surface area contributed by atoms with Crippen molar-refractivity contribution in [3.8, 4) is 6.07 Å². The third-order valence-electron chi connectivity index (χ3n) is 2.66. The molecule has 1 aliphatic rings. The van der Waals surface area contributed by atoms with Crippen LogP contribution in [0.4, 0.5) is 0 Å². The van der Waals surface area contributed by atoms with Gasteiger partial charge in [0.15, 0.2) is 0 Å². The molecule has 0 radical (unpaired) electrons. The van der Waals surface area contributed by atoms with E-state index in [2.05, 4.69) is 11.4 Å². The Hall–Kier alpha value is -1.78. The second-order valence-electron chi connectivity index (χ2n) is 3.97. The Balaban J connectivity index is 2.33. The highest BCUT2D eigenvalue weighted by atomic mass is 32.2. The highest BCUT2D eigenvalue weighted by molar-refractivity contribution is 8.03. The van der Waals surface area contributed by atoms with E-state index in [1.165, 1.54) is 11.3 Å². The van der Waals surface area contributed by atoms with Crippen LogP contribution >= 0.6 is 23.1 Å². The maximum atomic E-state index is 11.7. The van der Waals surface area contributed by atoms with Crippen molar-refractivity contribution in [3.05, 3.63) is 33.0 Å². The van der Waals surface area contributed by atoms with Crippen molar-refractivity contribution in [2.24, 2.45) is 5.73 Å². The molecule has 1 aromatic rings. The summed E-state index contributed by atoms with van der Waals surface area (Å²) in [6, 6.07) is 4.04. The molecule has 1 aliphatic heterocycles. The van der Waals surface area contributed by atoms with Gasteiger partial charge in [0.2, 0.25) is 11.8 Å². The van der Waals surface area contributed by atoms with Gasteiger partial charge < -0.3 is 11.1 Å². The molecule has 98 valence electrons. The van der Waals surface area contributed by atoms with Crippen molar-refractivity contribution in [2.45, 2.75) is 12.3 Å². The molecule has 3 N–H and O–H groups in total. The van der Waals surface area contributed by atoms with E-state index in [1.807, 2.05) is 16.8 Å². The van der Waals surface area contributed by atoms with Gasteiger partial charge in [0, 0.05) is 12.3 Å². The Bertz CT molecular complexity index is 572. The van der Waals surface area contributed by atoms with Gasteiger partial charge >= 0.3 is 0 Å². The first-order valence-corrected chi connectivity index (χ1v) is 7.42. The lowest BCUT2D eigenvalue weighted by atomic mass is 9.89. The SMILES string of the molecule is N#CC1=C(SCC(N)=O)NC(=O)CC1c1ccsc1. The summed E-state index contributed by atoms with van der Waals surface area (Å²) in [5.41, 5.74) is 6.53. The van der Waals surface area contributed by atoms with Gasteiger partial charge in [-0.25, -0.2) is 0 Å². The monoisotopic (exact) mass is 293 g/mol. The van der Waals surface area contributed by atoms with Gasteiger partial charge in [0.05, 0.1) is 22.4 Å². The Kier molecular flexibility index (Phi) is 4.24. The molecular weight excluding hydrogens is 282 g/mol. The summed E-state index contributed by atoms with van der Waals surface area (Å²) in [5, 5.41) is 16.2. The van der Waals surface area contributed by atoms with Gasteiger partial charge in [0.25, 0.3) is 0 Å². The Morgan fingerprint density at radius 3 is 3.05 bits per heavy atom. The van der Waals surface area contributed by atoms with E-state index in [0.29, 0.717) is 10.6 Å². The van der Waals surface area contributed by atoms with Gasteiger partial charge in [-0.2, -0.15) is 16.6 Å². The zero-order valence-corrected chi connectivity index (χ0v) is 11.5. The summed E-state index contributed by atoms with van der Waals surface area (Å²) in [6.45, 7) is 0. The molecule has 0 aromatic carbocycles. The number of nitrogens with zero attached hydrogens (tertiary/aromatic N) is 1. The molecule has 2 rings (SSSR count). The number of carbonyl (C=O) groups excluding carboxylic acids is 2. The van der Waals surface area contributed by atoms with Gasteiger partial charge in [0.1, 0.15) is 0 Å². The zero-order chi connectivity index (χ0) is 13.8. The predicted octanol–water partition coefficient (Wildman–Crippen LogP) is 1.31. The number of hydrogen-bond acceptors (Lipinski definition) is 5. The van der Waals surface area contributed by atoms with Crippen LogP contribution in [-0.2, 0) is 9.59 Å². The molecule has 0 bridgehead atoms. The molecule has 2 heterocycles. The molecular formula is C12H11N3O2S2. The first-order valence-electron chi connectivity index (χ1n) is 5.49. The second-order valence-corrected chi connectivity index (χ2v) is 5.74. The number of thioether (sulfide) groups is 1. The Morgan fingerprint density at radius 1 is 1.68 bits per heavy atom. The van der Waals surface area contributed by atoms with E-state index in [4.69, 9.17) is 5.73 Å². The minimum absolute atomic E-state index is 0.0388. The fourth-order valence-corrected chi connectivity index (χ4v) is 3.36. The normalized spacial score (nSPS) is 18.9. The van der Waals surface area contributed by atoms with Crippen LogP contribution in [0.3, 0.4) is 0 Å². The lowest BCUT2D eigenvalue weighted by Crippen LogP contribution is -2.31. The molecule has 1 unspecified atom stereocenters. The van der Waals surface area contributed by atoms with Gasteiger partial charge in [-0.3, -0.25) is 9.59 Å². The van der Waals surface area contributed by atoms with Crippen molar-refractivity contribution in [1.29, 1.82) is 5.26 Å². The highest BCUT2D eigenvalue weighted by Crippen LogP contribution is 2.36.